The summed E-state index contributed by atoms with van der Waals surface area (Å²) in [6.07, 6.45) is 10.6. The number of aliphatic imine (C=N–C) groups is 1. The van der Waals surface area contributed by atoms with Gasteiger partial charge in [-0.15, -0.1) is 0 Å². The molecule has 0 saturated heterocycles. The van der Waals surface area contributed by atoms with Gasteiger partial charge in [-0.3, -0.25) is 4.99 Å². The minimum absolute atomic E-state index is 0.575. The highest BCUT2D eigenvalue weighted by Crippen LogP contribution is 2.21. The van der Waals surface area contributed by atoms with E-state index in [4.69, 9.17) is 0 Å². The smallest absolute Gasteiger partial charge is 0.116 e. The van der Waals surface area contributed by atoms with Crippen molar-refractivity contribution in [3.8, 4) is 0 Å². The molecule has 2 aliphatic rings. The van der Waals surface area contributed by atoms with Crippen LogP contribution in [-0.2, 0) is 0 Å². The number of hydrogen-bond acceptors (Lipinski definition) is 1. The third-order valence-corrected chi connectivity index (χ3v) is 1.88. The lowest BCUT2D eigenvalue weighted by molar-refractivity contribution is 0.698. The summed E-state index contributed by atoms with van der Waals surface area (Å²) in [7, 11) is 0. The maximum atomic E-state index is 4.18. The van der Waals surface area contributed by atoms with Crippen LogP contribution in [0.4, 0.5) is 0 Å². The molecule has 10 heavy (non-hydrogen) atoms. The first-order chi connectivity index (χ1) is 4.97. The molecule has 1 nitrogen and oxygen atoms in total. The van der Waals surface area contributed by atoms with Gasteiger partial charge in [-0.05, 0) is 18.9 Å². The van der Waals surface area contributed by atoms with E-state index in [1.165, 1.54) is 12.1 Å². The Labute approximate surface area is 61.2 Å². The average molecular weight is 131 g/mol. The molecule has 50 valence electrons. The maximum Gasteiger partial charge on any atom is 0.116 e. The fourth-order valence-electron chi connectivity index (χ4n) is 1.31. The summed E-state index contributed by atoms with van der Waals surface area (Å²) in [5.74, 6) is 0.575. The fourth-order valence-corrected chi connectivity index (χ4v) is 1.31. The van der Waals surface area contributed by atoms with Crippen LogP contribution in [0.25, 0.3) is 0 Å². The number of allylic oxidation sites excluding steroid dienone is 4. The molecular weight excluding hydrogens is 122 g/mol. The quantitative estimate of drug-likeness (QED) is 0.477. The van der Waals surface area contributed by atoms with E-state index in [2.05, 4.69) is 29.8 Å². The van der Waals surface area contributed by atoms with Crippen LogP contribution in [0.5, 0.6) is 0 Å². The second-order valence-electron chi connectivity index (χ2n) is 2.58. The van der Waals surface area contributed by atoms with Gasteiger partial charge in [0.2, 0.25) is 0 Å². The monoisotopic (exact) mass is 131 g/mol. The predicted molar refractivity (Wildman–Crippen MR) is 41.7 cm³/mol. The molecule has 1 aliphatic carbocycles. The Morgan fingerprint density at radius 1 is 1.50 bits per heavy atom. The van der Waals surface area contributed by atoms with Gasteiger partial charge in [-0.25, -0.2) is 0 Å². The Balaban J connectivity index is 2.27. The molecule has 0 N–H and O–H groups in total. The topological polar surface area (TPSA) is 12.4 Å². The van der Waals surface area contributed by atoms with Crippen molar-refractivity contribution in [3.63, 3.8) is 0 Å². The summed E-state index contributed by atoms with van der Waals surface area (Å²) in [5.41, 5.74) is 1.17. The first-order valence-electron chi connectivity index (χ1n) is 3.62. The number of fused-ring (bicyclic) bond motifs is 1. The molecule has 1 heteroatoms. The zero-order valence-corrected chi connectivity index (χ0v) is 5.75. The van der Waals surface area contributed by atoms with Gasteiger partial charge in [0.05, 0.1) is 0 Å². The van der Waals surface area contributed by atoms with Crippen LogP contribution in [0, 0.1) is 12.5 Å². The third kappa shape index (κ3) is 0.919. The van der Waals surface area contributed by atoms with Crippen molar-refractivity contribution in [1.29, 1.82) is 0 Å². The lowest BCUT2D eigenvalue weighted by atomic mass is 9.91. The molecule has 0 aromatic heterocycles. The summed E-state index contributed by atoms with van der Waals surface area (Å²) < 4.78 is 0. The van der Waals surface area contributed by atoms with E-state index in [-0.39, 0.29) is 0 Å². The largest absolute Gasteiger partial charge is 0.277 e. The zero-order valence-electron chi connectivity index (χ0n) is 5.75. The van der Waals surface area contributed by atoms with Crippen LogP contribution in [0.3, 0.4) is 0 Å². The van der Waals surface area contributed by atoms with Crippen molar-refractivity contribution in [1.82, 2.24) is 0 Å². The van der Waals surface area contributed by atoms with Crippen molar-refractivity contribution in [2.75, 3.05) is 0 Å². The summed E-state index contributed by atoms with van der Waals surface area (Å²) in [6, 6.07) is 0. The van der Waals surface area contributed by atoms with Crippen LogP contribution in [0.2, 0.25) is 0 Å². The van der Waals surface area contributed by atoms with Crippen LogP contribution >= 0.6 is 0 Å². The molecule has 0 fully saturated rings. The van der Waals surface area contributed by atoms with E-state index in [9.17, 15) is 0 Å². The minimum Gasteiger partial charge on any atom is -0.277 e. The van der Waals surface area contributed by atoms with Gasteiger partial charge in [-0.2, -0.15) is 0 Å². The highest BCUT2D eigenvalue weighted by molar-refractivity contribution is 5.99. The summed E-state index contributed by atoms with van der Waals surface area (Å²) in [4.78, 5) is 4.18. The lowest BCUT2D eigenvalue weighted by Crippen LogP contribution is -2.15. The Hall–Kier alpha value is -0.850. The van der Waals surface area contributed by atoms with E-state index in [1.807, 2.05) is 6.08 Å². The second-order valence-corrected chi connectivity index (χ2v) is 2.58. The molecule has 1 unspecified atom stereocenters. The number of rotatable bonds is 0. The van der Waals surface area contributed by atoms with Crippen LogP contribution in [0.1, 0.15) is 12.8 Å². The Bertz CT molecular complexity index is 211. The molecule has 0 saturated carbocycles. The summed E-state index contributed by atoms with van der Waals surface area (Å²) >= 11 is 0. The number of hydrogen-bond donors (Lipinski definition) is 0. The highest BCUT2D eigenvalue weighted by atomic mass is 14.7. The van der Waals surface area contributed by atoms with Crippen molar-refractivity contribution in [2.24, 2.45) is 10.9 Å². The fraction of sp³-hybridized carbons (Fsp3) is 0.333. The average Bonchev–Trinajstić information content (AvgIpc) is 2.05. The molecular formula is C9H9N. The van der Waals surface area contributed by atoms with Gasteiger partial charge in [-0.1, -0.05) is 18.2 Å². The van der Waals surface area contributed by atoms with Crippen molar-refractivity contribution < 1.29 is 0 Å². The van der Waals surface area contributed by atoms with Gasteiger partial charge in [0.25, 0.3) is 0 Å². The summed E-state index contributed by atoms with van der Waals surface area (Å²) in [5, 5.41) is 0. The Morgan fingerprint density at radius 2 is 2.50 bits per heavy atom. The van der Waals surface area contributed by atoms with Crippen molar-refractivity contribution in [2.45, 2.75) is 12.8 Å². The van der Waals surface area contributed by atoms with Gasteiger partial charge in [0.15, 0.2) is 0 Å². The zero-order chi connectivity index (χ0) is 6.81. The van der Waals surface area contributed by atoms with Crippen LogP contribution in [-0.4, -0.2) is 5.71 Å². The van der Waals surface area contributed by atoms with Crippen molar-refractivity contribution >= 4 is 5.71 Å². The molecule has 0 aromatic carbocycles. The molecule has 2 radical (unpaired) electrons. The SMILES string of the molecule is [C]1CCC2C=CC=CC2=N1. The predicted octanol–water partition coefficient (Wildman–Crippen LogP) is 2.00. The molecule has 1 aliphatic heterocycles. The van der Waals surface area contributed by atoms with Crippen LogP contribution < -0.4 is 0 Å². The first-order valence-corrected chi connectivity index (χ1v) is 3.62. The molecule has 0 amide bonds. The van der Waals surface area contributed by atoms with E-state index in [1.54, 1.807) is 0 Å². The van der Waals surface area contributed by atoms with Gasteiger partial charge >= 0.3 is 0 Å². The van der Waals surface area contributed by atoms with E-state index in [0.29, 0.717) is 5.92 Å². The molecule has 0 bridgehead atoms. The summed E-state index contributed by atoms with van der Waals surface area (Å²) in [6.45, 7) is 2.99. The maximum absolute atomic E-state index is 4.18. The Kier molecular flexibility index (Phi) is 1.42. The van der Waals surface area contributed by atoms with E-state index >= 15 is 0 Å². The van der Waals surface area contributed by atoms with Gasteiger partial charge in [0, 0.05) is 11.6 Å². The number of nitrogens with zero attached hydrogens (tertiary/aromatic N) is 1. The lowest BCUT2D eigenvalue weighted by Gasteiger charge is -2.18. The Morgan fingerprint density at radius 3 is 3.40 bits per heavy atom. The van der Waals surface area contributed by atoms with Crippen molar-refractivity contribution in [3.05, 3.63) is 30.8 Å². The molecule has 1 heterocycles. The molecule has 2 rings (SSSR count). The molecule has 1 atom stereocenters. The van der Waals surface area contributed by atoms with Crippen LogP contribution in [0.15, 0.2) is 29.3 Å². The molecule has 0 aromatic rings. The molecule has 0 spiro atoms. The highest BCUT2D eigenvalue weighted by Gasteiger charge is 2.15. The van der Waals surface area contributed by atoms with Gasteiger partial charge < -0.3 is 0 Å². The first kappa shape index (κ1) is 5.90. The van der Waals surface area contributed by atoms with E-state index < -0.39 is 0 Å². The third-order valence-electron chi connectivity index (χ3n) is 1.88. The van der Waals surface area contributed by atoms with E-state index in [0.717, 1.165) is 6.42 Å². The second kappa shape index (κ2) is 2.41. The normalized spacial score (nSPS) is 29.6. The standard InChI is InChI=1S/C9H9N/c1-2-6-9-8(4-1)5-3-7-10-9/h1-2,4,6,8H,3,5H2. The minimum atomic E-state index is 0.575. The van der Waals surface area contributed by atoms with Gasteiger partial charge in [0.1, 0.15) is 6.54 Å².